The van der Waals surface area contributed by atoms with Crippen LogP contribution in [0.15, 0.2) is 29.1 Å². The van der Waals surface area contributed by atoms with Gasteiger partial charge in [0.1, 0.15) is 5.82 Å². The van der Waals surface area contributed by atoms with E-state index in [0.717, 1.165) is 24.2 Å². The van der Waals surface area contributed by atoms with Gasteiger partial charge in [0.25, 0.3) is 0 Å². The molecule has 1 unspecified atom stereocenters. The smallest absolute Gasteiger partial charge is 0.197 e. The molecule has 0 bridgehead atoms. The predicted octanol–water partition coefficient (Wildman–Crippen LogP) is 2.30. The number of imidazole rings is 1. The Balaban J connectivity index is 1.97. The van der Waals surface area contributed by atoms with E-state index in [0.29, 0.717) is 5.22 Å². The van der Waals surface area contributed by atoms with Crippen molar-refractivity contribution in [1.82, 2.24) is 9.55 Å². The Morgan fingerprint density at radius 2 is 2.44 bits per heavy atom. The summed E-state index contributed by atoms with van der Waals surface area (Å²) in [5, 5.41) is 0.382. The van der Waals surface area contributed by atoms with E-state index in [-0.39, 0.29) is 6.04 Å². The molecule has 0 saturated carbocycles. The lowest BCUT2D eigenvalue weighted by Gasteiger charge is -2.09. The molecule has 2 aromatic heterocycles. The molecule has 0 saturated heterocycles. The van der Waals surface area contributed by atoms with Crippen LogP contribution in [0.5, 0.6) is 0 Å². The third-order valence-electron chi connectivity index (χ3n) is 2.65. The number of hydrogen-bond acceptors (Lipinski definition) is 3. The van der Waals surface area contributed by atoms with Crippen LogP contribution in [0, 0.1) is 0 Å². The summed E-state index contributed by atoms with van der Waals surface area (Å²) in [7, 11) is 1.97. The fourth-order valence-electron chi connectivity index (χ4n) is 1.65. The summed E-state index contributed by atoms with van der Waals surface area (Å²) < 4.78 is 7.00. The van der Waals surface area contributed by atoms with Crippen molar-refractivity contribution in [3.05, 3.63) is 41.3 Å². The molecule has 0 fully saturated rings. The molecule has 0 aromatic carbocycles. The highest BCUT2D eigenvalue weighted by Gasteiger charge is 2.13. The van der Waals surface area contributed by atoms with Crippen LogP contribution in [0.25, 0.3) is 0 Å². The van der Waals surface area contributed by atoms with Crippen LogP contribution < -0.4 is 5.73 Å². The van der Waals surface area contributed by atoms with Crippen molar-refractivity contribution < 1.29 is 4.42 Å². The highest BCUT2D eigenvalue weighted by atomic mass is 35.5. The van der Waals surface area contributed by atoms with E-state index < -0.39 is 0 Å². The van der Waals surface area contributed by atoms with Crippen LogP contribution in [0.3, 0.4) is 0 Å². The van der Waals surface area contributed by atoms with Crippen molar-refractivity contribution in [1.29, 1.82) is 0 Å². The van der Waals surface area contributed by atoms with Gasteiger partial charge in [-0.2, -0.15) is 0 Å². The first-order valence-corrected chi connectivity index (χ1v) is 5.51. The maximum atomic E-state index is 6.03. The van der Waals surface area contributed by atoms with Gasteiger partial charge in [0, 0.05) is 37.5 Å². The van der Waals surface area contributed by atoms with E-state index in [1.807, 2.05) is 23.9 Å². The van der Waals surface area contributed by atoms with E-state index >= 15 is 0 Å². The second-order valence-electron chi connectivity index (χ2n) is 3.75. The quantitative estimate of drug-likeness (QED) is 0.891. The lowest BCUT2D eigenvalue weighted by Crippen LogP contribution is -2.12. The monoisotopic (exact) mass is 239 g/mol. The lowest BCUT2D eigenvalue weighted by molar-refractivity contribution is 0.554. The number of furan rings is 1. The van der Waals surface area contributed by atoms with Gasteiger partial charge in [-0.1, -0.05) is 0 Å². The van der Waals surface area contributed by atoms with Crippen molar-refractivity contribution >= 4 is 11.6 Å². The van der Waals surface area contributed by atoms with Crippen LogP contribution in [-0.2, 0) is 13.5 Å². The first kappa shape index (κ1) is 11.2. The van der Waals surface area contributed by atoms with E-state index in [9.17, 15) is 0 Å². The fraction of sp³-hybridized carbons (Fsp3) is 0.364. The molecule has 0 aliphatic rings. The average molecular weight is 240 g/mol. The Kier molecular flexibility index (Phi) is 3.31. The molecule has 4 nitrogen and oxygen atoms in total. The minimum absolute atomic E-state index is 0.108. The first-order chi connectivity index (χ1) is 7.68. The third kappa shape index (κ3) is 2.28. The van der Waals surface area contributed by atoms with Crippen LogP contribution in [0.1, 0.15) is 23.9 Å². The number of aromatic nitrogens is 2. The molecule has 5 heteroatoms. The summed E-state index contributed by atoms with van der Waals surface area (Å²) in [5.74, 6) is 1.02. The van der Waals surface area contributed by atoms with Crippen molar-refractivity contribution in [3.63, 3.8) is 0 Å². The largest absolute Gasteiger partial charge is 0.453 e. The predicted molar refractivity (Wildman–Crippen MR) is 62.2 cm³/mol. The molecule has 0 aliphatic carbocycles. The maximum Gasteiger partial charge on any atom is 0.197 e. The van der Waals surface area contributed by atoms with Gasteiger partial charge in [-0.05, 0) is 24.1 Å². The summed E-state index contributed by atoms with van der Waals surface area (Å²) in [6.07, 6.45) is 6.88. The van der Waals surface area contributed by atoms with E-state index in [1.165, 1.54) is 0 Å². The molecule has 0 radical (unpaired) electrons. The van der Waals surface area contributed by atoms with Gasteiger partial charge in [0.15, 0.2) is 5.22 Å². The van der Waals surface area contributed by atoms with Gasteiger partial charge in [-0.15, -0.1) is 0 Å². The molecular formula is C11H14ClN3O. The Hall–Kier alpha value is -1.26. The van der Waals surface area contributed by atoms with Crippen LogP contribution in [-0.4, -0.2) is 9.55 Å². The van der Waals surface area contributed by atoms with Crippen molar-refractivity contribution in [2.24, 2.45) is 12.8 Å². The molecule has 0 spiro atoms. The number of halogens is 1. The Morgan fingerprint density at radius 1 is 1.62 bits per heavy atom. The standard InChI is InChI=1S/C11H14ClN3O/c1-15-6-5-14-10(15)3-2-9(13)8-4-7-16-11(8)12/h4-7,9H,2-3,13H2,1H3. The Labute approximate surface area is 99.0 Å². The van der Waals surface area contributed by atoms with E-state index in [4.69, 9.17) is 21.8 Å². The zero-order valence-corrected chi connectivity index (χ0v) is 9.81. The number of aryl methyl sites for hydroxylation is 2. The topological polar surface area (TPSA) is 57.0 Å². The second kappa shape index (κ2) is 4.72. The molecule has 2 heterocycles. The molecule has 0 aliphatic heterocycles. The van der Waals surface area contributed by atoms with Gasteiger partial charge in [0.2, 0.25) is 0 Å². The Morgan fingerprint density at radius 3 is 3.00 bits per heavy atom. The number of nitrogens with zero attached hydrogens (tertiary/aromatic N) is 2. The third-order valence-corrected chi connectivity index (χ3v) is 2.95. The van der Waals surface area contributed by atoms with Crippen molar-refractivity contribution in [3.8, 4) is 0 Å². The van der Waals surface area contributed by atoms with Crippen molar-refractivity contribution in [2.45, 2.75) is 18.9 Å². The minimum atomic E-state index is -0.108. The maximum absolute atomic E-state index is 6.03. The highest BCUT2D eigenvalue weighted by Crippen LogP contribution is 2.25. The number of rotatable bonds is 4. The molecular weight excluding hydrogens is 226 g/mol. The summed E-state index contributed by atoms with van der Waals surface area (Å²) in [6, 6.07) is 1.70. The summed E-state index contributed by atoms with van der Waals surface area (Å²) in [4.78, 5) is 4.24. The zero-order chi connectivity index (χ0) is 11.5. The molecule has 2 aromatic rings. The zero-order valence-electron chi connectivity index (χ0n) is 9.06. The SMILES string of the molecule is Cn1ccnc1CCC(N)c1ccoc1Cl. The second-order valence-corrected chi connectivity index (χ2v) is 4.09. The van der Waals surface area contributed by atoms with Gasteiger partial charge >= 0.3 is 0 Å². The normalized spacial score (nSPS) is 12.9. The first-order valence-electron chi connectivity index (χ1n) is 5.13. The van der Waals surface area contributed by atoms with Gasteiger partial charge in [-0.25, -0.2) is 4.98 Å². The van der Waals surface area contributed by atoms with E-state index in [1.54, 1.807) is 12.5 Å². The molecule has 2 N–H and O–H groups in total. The molecule has 0 amide bonds. The number of hydrogen-bond donors (Lipinski definition) is 1. The number of nitrogens with two attached hydrogens (primary N) is 1. The lowest BCUT2D eigenvalue weighted by atomic mass is 10.1. The van der Waals surface area contributed by atoms with Gasteiger partial charge in [-0.3, -0.25) is 0 Å². The molecule has 86 valence electrons. The molecule has 16 heavy (non-hydrogen) atoms. The summed E-state index contributed by atoms with van der Waals surface area (Å²) in [5.41, 5.74) is 6.88. The van der Waals surface area contributed by atoms with Gasteiger partial charge in [0.05, 0.1) is 6.26 Å². The van der Waals surface area contributed by atoms with Crippen LogP contribution in [0.2, 0.25) is 5.22 Å². The minimum Gasteiger partial charge on any atom is -0.453 e. The van der Waals surface area contributed by atoms with E-state index in [2.05, 4.69) is 4.98 Å². The fourth-order valence-corrected chi connectivity index (χ4v) is 1.90. The van der Waals surface area contributed by atoms with Gasteiger partial charge < -0.3 is 14.7 Å². The average Bonchev–Trinajstić information content (AvgIpc) is 2.84. The Bertz CT molecular complexity index is 463. The molecule has 2 rings (SSSR count). The van der Waals surface area contributed by atoms with Crippen LogP contribution >= 0.6 is 11.6 Å². The van der Waals surface area contributed by atoms with Crippen molar-refractivity contribution in [2.75, 3.05) is 0 Å². The summed E-state index contributed by atoms with van der Waals surface area (Å²) in [6.45, 7) is 0. The van der Waals surface area contributed by atoms with Crippen LogP contribution in [0.4, 0.5) is 0 Å². The summed E-state index contributed by atoms with van der Waals surface area (Å²) >= 11 is 5.86. The highest BCUT2D eigenvalue weighted by molar-refractivity contribution is 6.29. The molecule has 1 atom stereocenters.